The van der Waals surface area contributed by atoms with Crippen LogP contribution < -0.4 is 4.90 Å². The number of hydrogen-bond donors (Lipinski definition) is 0. The van der Waals surface area contributed by atoms with E-state index >= 15 is 0 Å². The summed E-state index contributed by atoms with van der Waals surface area (Å²) in [4.78, 5) is 10.3. The number of hydrogen-bond acceptors (Lipinski definition) is 5. The van der Waals surface area contributed by atoms with Crippen molar-refractivity contribution >= 4 is 16.6 Å². The molecule has 0 bridgehead atoms. The summed E-state index contributed by atoms with van der Waals surface area (Å²) in [6.07, 6.45) is 3.30. The predicted molar refractivity (Wildman–Crippen MR) is 91.5 cm³/mol. The Kier molecular flexibility index (Phi) is 3.81. The van der Waals surface area contributed by atoms with Gasteiger partial charge in [-0.2, -0.15) is 5.26 Å². The first kappa shape index (κ1) is 14.6. The van der Waals surface area contributed by atoms with Crippen molar-refractivity contribution in [2.24, 2.45) is 0 Å². The Morgan fingerprint density at radius 1 is 1.08 bits per heavy atom. The Morgan fingerprint density at radius 2 is 1.88 bits per heavy atom. The first-order valence-corrected chi connectivity index (χ1v) is 7.89. The van der Waals surface area contributed by atoms with Crippen LogP contribution in [0.3, 0.4) is 0 Å². The highest BCUT2D eigenvalue weighted by atomic mass is 16.5. The van der Waals surface area contributed by atoms with Crippen LogP contribution in [0.5, 0.6) is 0 Å². The van der Waals surface area contributed by atoms with Gasteiger partial charge in [0.1, 0.15) is 6.07 Å². The second kappa shape index (κ2) is 6.26. The van der Waals surface area contributed by atoms with Gasteiger partial charge in [-0.3, -0.25) is 0 Å². The average Bonchev–Trinajstić information content (AvgIpc) is 2.61. The molecule has 0 amide bonds. The molecule has 5 heteroatoms. The largest absolute Gasteiger partial charge is 0.370 e. The van der Waals surface area contributed by atoms with E-state index in [4.69, 9.17) is 10.00 Å². The molecule has 0 unspecified atom stereocenters. The minimum absolute atomic E-state index is 0.150. The highest BCUT2D eigenvalue weighted by Gasteiger charge is 2.30. The third-order valence-corrected chi connectivity index (χ3v) is 4.29. The number of aromatic nitrogens is 2. The number of anilines is 1. The second-order valence-electron chi connectivity index (χ2n) is 5.82. The van der Waals surface area contributed by atoms with E-state index in [0.717, 1.165) is 13.1 Å². The lowest BCUT2D eigenvalue weighted by molar-refractivity contribution is 0.0226. The van der Waals surface area contributed by atoms with E-state index in [9.17, 15) is 0 Å². The quantitative estimate of drug-likeness (QED) is 0.740. The van der Waals surface area contributed by atoms with Crippen molar-refractivity contribution in [2.45, 2.75) is 12.7 Å². The molecule has 24 heavy (non-hydrogen) atoms. The average molecular weight is 316 g/mol. The fourth-order valence-corrected chi connectivity index (χ4v) is 2.98. The smallest absolute Gasteiger partial charge is 0.183 e. The Bertz CT molecular complexity index is 907. The zero-order valence-corrected chi connectivity index (χ0v) is 13.1. The van der Waals surface area contributed by atoms with Crippen LogP contribution >= 0.6 is 0 Å². The van der Waals surface area contributed by atoms with Gasteiger partial charge < -0.3 is 9.64 Å². The van der Waals surface area contributed by atoms with E-state index in [2.05, 4.69) is 52.4 Å². The van der Waals surface area contributed by atoms with Gasteiger partial charge in [0.2, 0.25) is 0 Å². The standard InChI is InChI=1S/C19H16N4O/c20-10-18-19(22-9-8-21-18)23-11-16(12-23)24-13-15-6-3-5-14-4-1-2-7-17(14)15/h1-9,16H,11-13H2. The summed E-state index contributed by atoms with van der Waals surface area (Å²) in [6.45, 7) is 2.06. The van der Waals surface area contributed by atoms with E-state index in [-0.39, 0.29) is 6.10 Å². The molecule has 0 aliphatic carbocycles. The SMILES string of the molecule is N#Cc1nccnc1N1CC(OCc2cccc3ccccc23)C1. The third-order valence-electron chi connectivity index (χ3n) is 4.29. The summed E-state index contributed by atoms with van der Waals surface area (Å²) in [5.74, 6) is 0.644. The number of rotatable bonds is 4. The Morgan fingerprint density at radius 3 is 2.75 bits per heavy atom. The van der Waals surface area contributed by atoms with E-state index < -0.39 is 0 Å². The van der Waals surface area contributed by atoms with Gasteiger partial charge in [-0.15, -0.1) is 0 Å². The highest BCUT2D eigenvalue weighted by molar-refractivity contribution is 5.85. The number of ether oxygens (including phenoxy) is 1. The Balaban J connectivity index is 1.40. The first-order valence-electron chi connectivity index (χ1n) is 7.89. The maximum absolute atomic E-state index is 9.10. The maximum atomic E-state index is 9.10. The van der Waals surface area contributed by atoms with Crippen molar-refractivity contribution in [3.05, 3.63) is 66.1 Å². The van der Waals surface area contributed by atoms with Crippen LogP contribution in [0.1, 0.15) is 11.3 Å². The number of fused-ring (bicyclic) bond motifs is 1. The van der Waals surface area contributed by atoms with Crippen molar-refractivity contribution in [3.63, 3.8) is 0 Å². The fourth-order valence-electron chi connectivity index (χ4n) is 2.98. The van der Waals surface area contributed by atoms with Crippen LogP contribution in [-0.4, -0.2) is 29.2 Å². The number of nitriles is 1. The summed E-state index contributed by atoms with van der Waals surface area (Å²) in [7, 11) is 0. The van der Waals surface area contributed by atoms with Gasteiger partial charge in [0.25, 0.3) is 0 Å². The summed E-state index contributed by atoms with van der Waals surface area (Å²) in [5, 5.41) is 11.6. The van der Waals surface area contributed by atoms with Crippen molar-refractivity contribution in [3.8, 4) is 6.07 Å². The fraction of sp³-hybridized carbons (Fsp3) is 0.211. The molecule has 1 saturated heterocycles. The molecule has 1 aromatic heterocycles. The molecule has 0 N–H and O–H groups in total. The Hall–Kier alpha value is -2.97. The van der Waals surface area contributed by atoms with Gasteiger partial charge in [0.05, 0.1) is 12.7 Å². The van der Waals surface area contributed by atoms with Crippen LogP contribution in [0.25, 0.3) is 10.8 Å². The van der Waals surface area contributed by atoms with E-state index in [1.54, 1.807) is 6.20 Å². The molecule has 0 atom stereocenters. The van der Waals surface area contributed by atoms with Crippen molar-refractivity contribution in [2.75, 3.05) is 18.0 Å². The molecule has 0 spiro atoms. The third kappa shape index (κ3) is 2.68. The molecule has 118 valence electrons. The van der Waals surface area contributed by atoms with Crippen LogP contribution in [0.4, 0.5) is 5.82 Å². The molecule has 2 aromatic carbocycles. The zero-order chi connectivity index (χ0) is 16.4. The van der Waals surface area contributed by atoms with Gasteiger partial charge in [-0.1, -0.05) is 42.5 Å². The molecule has 5 nitrogen and oxygen atoms in total. The molecule has 1 aliphatic rings. The van der Waals surface area contributed by atoms with Gasteiger partial charge in [-0.25, -0.2) is 9.97 Å². The minimum atomic E-state index is 0.150. The van der Waals surface area contributed by atoms with Crippen molar-refractivity contribution in [1.29, 1.82) is 5.26 Å². The Labute approximate surface area is 140 Å². The molecule has 0 saturated carbocycles. The van der Waals surface area contributed by atoms with E-state index in [0.29, 0.717) is 18.1 Å². The molecule has 3 aromatic rings. The van der Waals surface area contributed by atoms with Gasteiger partial charge >= 0.3 is 0 Å². The van der Waals surface area contributed by atoms with E-state index in [1.807, 2.05) is 11.0 Å². The van der Waals surface area contributed by atoms with Gasteiger partial charge in [0.15, 0.2) is 11.5 Å². The molecular weight excluding hydrogens is 300 g/mol. The molecular formula is C19H16N4O. The van der Waals surface area contributed by atoms with Crippen LogP contribution in [0.2, 0.25) is 0 Å². The van der Waals surface area contributed by atoms with Crippen LogP contribution in [0.15, 0.2) is 54.9 Å². The van der Waals surface area contributed by atoms with Crippen molar-refractivity contribution < 1.29 is 4.74 Å². The number of benzene rings is 2. The summed E-state index contributed by atoms with van der Waals surface area (Å²) in [6, 6.07) is 16.7. The molecule has 1 fully saturated rings. The number of nitrogens with zero attached hydrogens (tertiary/aromatic N) is 4. The predicted octanol–water partition coefficient (Wildman–Crippen LogP) is 2.91. The van der Waals surface area contributed by atoms with Gasteiger partial charge in [0, 0.05) is 25.5 Å². The molecule has 1 aliphatic heterocycles. The lowest BCUT2D eigenvalue weighted by Crippen LogP contribution is -2.53. The molecule has 0 radical (unpaired) electrons. The normalized spacial score (nSPS) is 14.4. The second-order valence-corrected chi connectivity index (χ2v) is 5.82. The van der Waals surface area contributed by atoms with Crippen LogP contribution in [0, 0.1) is 11.3 Å². The highest BCUT2D eigenvalue weighted by Crippen LogP contribution is 2.24. The lowest BCUT2D eigenvalue weighted by Gasteiger charge is -2.39. The minimum Gasteiger partial charge on any atom is -0.370 e. The molecule has 2 heterocycles. The summed E-state index contributed by atoms with van der Waals surface area (Å²) >= 11 is 0. The molecule has 4 rings (SSSR count). The van der Waals surface area contributed by atoms with Crippen molar-refractivity contribution in [1.82, 2.24) is 9.97 Å². The topological polar surface area (TPSA) is 62.0 Å². The summed E-state index contributed by atoms with van der Waals surface area (Å²) in [5.41, 5.74) is 1.56. The monoisotopic (exact) mass is 316 g/mol. The van der Waals surface area contributed by atoms with E-state index in [1.165, 1.54) is 22.5 Å². The zero-order valence-electron chi connectivity index (χ0n) is 13.1. The van der Waals surface area contributed by atoms with Crippen LogP contribution in [-0.2, 0) is 11.3 Å². The summed E-state index contributed by atoms with van der Waals surface area (Å²) < 4.78 is 6.02. The maximum Gasteiger partial charge on any atom is 0.183 e. The first-order chi connectivity index (χ1) is 11.8. The van der Waals surface area contributed by atoms with Gasteiger partial charge in [-0.05, 0) is 16.3 Å². The lowest BCUT2D eigenvalue weighted by atomic mass is 10.1.